The fourth-order valence-corrected chi connectivity index (χ4v) is 15.0. The summed E-state index contributed by atoms with van der Waals surface area (Å²) >= 11 is 5.63. The number of carboxylic acids is 3. The Labute approximate surface area is 645 Å². The Morgan fingerprint density at radius 3 is 1.87 bits per heavy atom. The van der Waals surface area contributed by atoms with Gasteiger partial charge in [0.15, 0.2) is 10.7 Å². The Bertz CT molecular complexity index is 4280. The molecular formula is C74H89N13O24S. The van der Waals surface area contributed by atoms with Crippen LogP contribution in [0.15, 0.2) is 82.8 Å². The number of likely N-dealkylation sites (tertiary alicyclic amines) is 4. The third kappa shape index (κ3) is 19.6. The number of thiocarbonyl (C=S) groups is 1. The number of phenols is 2. The fourth-order valence-electron chi connectivity index (χ4n) is 14.8. The average Bonchev–Trinajstić information content (AvgIpc) is 1.50. The van der Waals surface area contributed by atoms with Gasteiger partial charge in [-0.15, -0.1) is 0 Å². The van der Waals surface area contributed by atoms with Crippen LogP contribution in [0, 0.1) is 0 Å². The van der Waals surface area contributed by atoms with Gasteiger partial charge >= 0.3 is 23.9 Å². The molecule has 0 radical (unpaired) electrons. The van der Waals surface area contributed by atoms with Crippen molar-refractivity contribution in [1.29, 1.82) is 0 Å². The standard InChI is InChI=1S/C74H89N13O24S/c1-38(69(104)86-27-6-4-9-54(86)71(106)87-36-44(111-77-35-40-25-30-108-37-40)34-55(87)67(102)81-50(20-23-60(94)95)64(99)80-49(63(75)98)19-22-59(92)93)78-68(103)62(39(2)88)83-66(101)53-11-8-29-85(53)70(105)51(21-24-61(96)97)82-65(100)52-10-7-28-84(52)58(91)12-3-5-26-76-73(112)79-41-13-16-45-48(31-41)74(110-72(45)107)46-17-14-42(89)32-56(46)109-57-33-43(90)15-18-47(57)74/h13-18,25,30-33,35,37-39,44,49-55,62,88-90H,3-12,19-24,26-29,34,36H2,1-2H3,(H2,75,98)(H,78,103)(H,80,99)(H,81,102)(H,82,100)(H,83,101)(H,92,93)(H,94,95)(H,96,97)(H2,76,79,112)/b77-35-/t38-,39+,44+,49-,50-,51-,52-,53-,54?,55-,62-/m0/s1. The minimum Gasteiger partial charge on any atom is -0.508 e. The van der Waals surface area contributed by atoms with E-state index < -0.39 is 188 Å². The lowest BCUT2D eigenvalue weighted by Crippen LogP contribution is -2.62. The van der Waals surface area contributed by atoms with E-state index >= 15 is 0 Å². The van der Waals surface area contributed by atoms with E-state index in [1.54, 1.807) is 36.4 Å². The molecule has 3 aromatic carbocycles. The second-order valence-corrected chi connectivity index (χ2v) is 28.6. The van der Waals surface area contributed by atoms with Crippen molar-refractivity contribution in [3.8, 4) is 23.0 Å². The Morgan fingerprint density at radius 2 is 1.23 bits per heavy atom. The number of rotatable bonds is 33. The smallest absolute Gasteiger partial charge is 0.340 e. The number of nitrogens with zero attached hydrogens (tertiary/aromatic N) is 5. The minimum atomic E-state index is -1.77. The highest BCUT2D eigenvalue weighted by Gasteiger charge is 2.55. The molecule has 1 aromatic heterocycles. The molecule has 10 rings (SSSR count). The highest BCUT2D eigenvalue weighted by molar-refractivity contribution is 7.80. The Hall–Kier alpha value is -12.0. The number of furan rings is 1. The topological polar surface area (TPSA) is 537 Å². The summed E-state index contributed by atoms with van der Waals surface area (Å²) in [7, 11) is 0. The number of carbonyl (C=O) groups is 14. The molecule has 7 heterocycles. The van der Waals surface area contributed by atoms with Crippen LogP contribution in [0.2, 0.25) is 0 Å². The molecule has 0 aliphatic carbocycles. The van der Waals surface area contributed by atoms with E-state index in [2.05, 4.69) is 42.4 Å². The van der Waals surface area contributed by atoms with Gasteiger partial charge in [0.25, 0.3) is 0 Å². The zero-order valence-corrected chi connectivity index (χ0v) is 62.0. The number of unbranched alkanes of at least 4 members (excludes halogenated alkanes) is 1. The van der Waals surface area contributed by atoms with Crippen LogP contribution in [-0.4, -0.2) is 244 Å². The summed E-state index contributed by atoms with van der Waals surface area (Å²) in [6.07, 6.45) is 0.521. The fraction of sp³-hybridized carbons (Fsp3) is 0.486. The maximum Gasteiger partial charge on any atom is 0.340 e. The van der Waals surface area contributed by atoms with E-state index in [0.717, 1.165) is 9.80 Å². The molecule has 6 aliphatic heterocycles. The lowest BCUT2D eigenvalue weighted by molar-refractivity contribution is -0.151. The van der Waals surface area contributed by atoms with E-state index in [0.29, 0.717) is 66.6 Å². The van der Waals surface area contributed by atoms with Crippen LogP contribution >= 0.6 is 12.2 Å². The number of phenolic OH excluding ortho intramolecular Hbond substituents is 2. The maximum atomic E-state index is 14.9. The number of oxime groups is 1. The molecule has 4 saturated heterocycles. The number of aliphatic hydroxyl groups excluding tert-OH is 1. The number of anilines is 1. The first kappa shape index (κ1) is 82.5. The van der Waals surface area contributed by atoms with Crippen molar-refractivity contribution in [2.45, 2.75) is 195 Å². The van der Waals surface area contributed by atoms with Crippen molar-refractivity contribution in [2.75, 3.05) is 38.0 Å². The summed E-state index contributed by atoms with van der Waals surface area (Å²) < 4.78 is 17.3. The first-order valence-electron chi connectivity index (χ1n) is 36.8. The van der Waals surface area contributed by atoms with Gasteiger partial charge in [-0.25, -0.2) is 4.79 Å². The first-order chi connectivity index (χ1) is 53.4. The number of piperidine rings is 1. The van der Waals surface area contributed by atoms with E-state index in [9.17, 15) is 97.8 Å². The number of aromatic hydroxyl groups is 2. The van der Waals surface area contributed by atoms with Gasteiger partial charge in [-0.1, -0.05) is 5.16 Å². The minimum absolute atomic E-state index is 0.0217. The van der Waals surface area contributed by atoms with Crippen molar-refractivity contribution in [1.82, 2.24) is 51.5 Å². The molecule has 0 saturated carbocycles. The molecule has 37 nitrogen and oxygen atoms in total. The van der Waals surface area contributed by atoms with Crippen molar-refractivity contribution in [3.05, 3.63) is 101 Å². The lowest BCUT2D eigenvalue weighted by atomic mass is 9.77. The Morgan fingerprint density at radius 1 is 0.643 bits per heavy atom. The predicted molar refractivity (Wildman–Crippen MR) is 393 cm³/mol. The summed E-state index contributed by atoms with van der Waals surface area (Å²) in [5.41, 5.74) is 6.49. The second-order valence-electron chi connectivity index (χ2n) is 28.2. The summed E-state index contributed by atoms with van der Waals surface area (Å²) in [5, 5.41) is 83.0. The van der Waals surface area contributed by atoms with E-state index in [-0.39, 0.29) is 104 Å². The number of aliphatic hydroxyl groups is 1. The van der Waals surface area contributed by atoms with Crippen molar-refractivity contribution in [3.63, 3.8) is 0 Å². The average molecular weight is 1580 g/mol. The van der Waals surface area contributed by atoms with Crippen LogP contribution < -0.4 is 47.7 Å². The molecule has 0 bridgehead atoms. The van der Waals surface area contributed by atoms with Gasteiger partial charge < -0.3 is 112 Å². The molecule has 4 fully saturated rings. The predicted octanol–water partition coefficient (Wildman–Crippen LogP) is 1.00. The normalized spacial score (nSPS) is 20.2. The number of nitrogens with two attached hydrogens (primary N) is 1. The molecule has 112 heavy (non-hydrogen) atoms. The number of aliphatic carboxylic acids is 3. The lowest BCUT2D eigenvalue weighted by Gasteiger charge is -2.39. The number of ether oxygens (including phenoxy) is 2. The summed E-state index contributed by atoms with van der Waals surface area (Å²) in [5.74, 6) is -13.0. The molecule has 4 aromatic rings. The molecule has 6 aliphatic rings. The van der Waals surface area contributed by atoms with Gasteiger partial charge in [0.1, 0.15) is 83.5 Å². The molecule has 600 valence electrons. The van der Waals surface area contributed by atoms with Crippen LogP contribution in [0.25, 0.3) is 0 Å². The zero-order valence-electron chi connectivity index (χ0n) is 61.2. The molecule has 1 spiro atoms. The van der Waals surface area contributed by atoms with Gasteiger partial charge in [-0.3, -0.25) is 62.3 Å². The van der Waals surface area contributed by atoms with Gasteiger partial charge in [-0.2, -0.15) is 0 Å². The Kier molecular flexibility index (Phi) is 27.0. The molecule has 1 unspecified atom stereocenters. The number of carboxylic acid groups (broad SMARTS) is 3. The van der Waals surface area contributed by atoms with Crippen LogP contribution in [-0.2, 0) is 77.5 Å². The number of nitrogens with one attached hydrogen (secondary N) is 7. The highest BCUT2D eigenvalue weighted by atomic mass is 32.1. The highest BCUT2D eigenvalue weighted by Crippen LogP contribution is 2.57. The van der Waals surface area contributed by atoms with Crippen molar-refractivity contribution < 1.29 is 116 Å². The third-order valence-electron chi connectivity index (χ3n) is 20.4. The Balaban J connectivity index is 0.727. The number of hydrogen-bond donors (Lipinski definition) is 14. The zero-order chi connectivity index (χ0) is 80.8. The second kappa shape index (κ2) is 36.7. The quantitative estimate of drug-likeness (QED) is 0.0104. The summed E-state index contributed by atoms with van der Waals surface area (Å²) in [6.45, 7) is 2.63. The maximum absolute atomic E-state index is 14.9. The molecule has 10 amide bonds. The van der Waals surface area contributed by atoms with E-state index in [1.807, 2.05) is 0 Å². The van der Waals surface area contributed by atoms with Crippen LogP contribution in [0.4, 0.5) is 5.69 Å². The summed E-state index contributed by atoms with van der Waals surface area (Å²) in [4.78, 5) is 200. The number of amides is 10. The van der Waals surface area contributed by atoms with E-state index in [1.165, 1.54) is 66.7 Å². The molecule has 15 N–H and O–H groups in total. The molecular weight excluding hydrogens is 1490 g/mol. The largest absolute Gasteiger partial charge is 0.508 e. The molecule has 11 atom stereocenters. The third-order valence-corrected chi connectivity index (χ3v) is 20.6. The number of hydrogen-bond acceptors (Lipinski definition) is 23. The monoisotopic (exact) mass is 1580 g/mol. The number of carbonyl (C=O) groups excluding carboxylic acids is 11. The number of benzene rings is 3. The first-order valence-corrected chi connectivity index (χ1v) is 37.2. The van der Waals surface area contributed by atoms with Crippen molar-refractivity contribution >= 4 is 112 Å². The summed E-state index contributed by atoms with van der Waals surface area (Å²) in [6, 6.07) is 2.35. The number of esters is 1. The van der Waals surface area contributed by atoms with Crippen molar-refractivity contribution in [2.24, 2.45) is 10.9 Å². The molecule has 38 heteroatoms. The van der Waals surface area contributed by atoms with Crippen LogP contribution in [0.5, 0.6) is 23.0 Å². The number of primary amides is 1. The number of fused-ring (bicyclic) bond motifs is 6. The van der Waals surface area contributed by atoms with Crippen LogP contribution in [0.3, 0.4) is 0 Å². The van der Waals surface area contributed by atoms with Gasteiger partial charge in [0.05, 0.1) is 37.0 Å². The SMILES string of the molecule is C[C@H](NC(=O)[C@@H](NC(=O)[C@@H]1CCCN1C(=O)[C@H](CCC(=O)O)NC(=O)[C@@H]1CCCN1C(=O)CCCCNC(=S)Nc1ccc2c(c1)C1(OC2=O)c2ccc(O)cc2Oc2cc(O)ccc21)[C@@H](C)O)C(=O)N1CCCCC1C(=O)N1C[C@H](O/N=C\c2ccoc2)C[C@H]1C(=O)N[C@@H](CCC(=O)O)C(=O)N[C@@H](CCC(=O)O)C(N)=O. The van der Waals surface area contributed by atoms with E-state index in [4.69, 9.17) is 36.7 Å². The van der Waals surface area contributed by atoms with Gasteiger partial charge in [0, 0.05) is 98.4 Å². The van der Waals surface area contributed by atoms with Gasteiger partial charge in [0.2, 0.25) is 59.1 Å². The van der Waals surface area contributed by atoms with Crippen LogP contribution in [0.1, 0.15) is 156 Å². The van der Waals surface area contributed by atoms with Gasteiger partial charge in [-0.05, 0) is 152 Å².